The van der Waals surface area contributed by atoms with Gasteiger partial charge >= 0.3 is 0 Å². The van der Waals surface area contributed by atoms with Gasteiger partial charge in [0.2, 0.25) is 0 Å². The lowest BCUT2D eigenvalue weighted by molar-refractivity contribution is 0.239. The lowest BCUT2D eigenvalue weighted by Gasteiger charge is -2.32. The Morgan fingerprint density at radius 1 is 1.38 bits per heavy atom. The average molecular weight is 244 g/mol. The van der Waals surface area contributed by atoms with Crippen LogP contribution in [0.25, 0.3) is 0 Å². The molecule has 0 aromatic carbocycles. The van der Waals surface area contributed by atoms with Crippen LogP contribution in [0, 0.1) is 5.92 Å². The largest absolute Gasteiger partial charge is 0.328 e. The van der Waals surface area contributed by atoms with Crippen molar-refractivity contribution >= 4 is 11.8 Å². The number of hydrogen-bond acceptors (Lipinski definition) is 3. The fraction of sp³-hybridized carbons (Fsp3) is 1.00. The zero-order valence-corrected chi connectivity index (χ0v) is 11.9. The van der Waals surface area contributed by atoms with Gasteiger partial charge in [-0.15, -0.1) is 0 Å². The van der Waals surface area contributed by atoms with Gasteiger partial charge < -0.3 is 10.6 Å². The van der Waals surface area contributed by atoms with E-state index in [9.17, 15) is 0 Å². The molecule has 0 aliphatic carbocycles. The van der Waals surface area contributed by atoms with E-state index in [1.54, 1.807) is 0 Å². The van der Waals surface area contributed by atoms with Crippen molar-refractivity contribution in [1.82, 2.24) is 4.90 Å². The van der Waals surface area contributed by atoms with Crippen molar-refractivity contribution in [2.24, 2.45) is 11.7 Å². The maximum absolute atomic E-state index is 5.77. The number of thioether (sulfide) groups is 1. The smallest absolute Gasteiger partial charge is 0.0147 e. The summed E-state index contributed by atoms with van der Waals surface area (Å²) in [5.74, 6) is 2.14. The van der Waals surface area contributed by atoms with E-state index in [1.807, 2.05) is 0 Å². The SMILES string of the molecule is CC(N)CCCC(C)CN1CCSC(C)C1. The van der Waals surface area contributed by atoms with Gasteiger partial charge in [0.1, 0.15) is 0 Å². The summed E-state index contributed by atoms with van der Waals surface area (Å²) < 4.78 is 0. The number of nitrogens with two attached hydrogens (primary N) is 1. The molecule has 96 valence electrons. The van der Waals surface area contributed by atoms with Crippen molar-refractivity contribution < 1.29 is 0 Å². The first-order valence-electron chi connectivity index (χ1n) is 6.67. The maximum atomic E-state index is 5.77. The van der Waals surface area contributed by atoms with Gasteiger partial charge in [0.05, 0.1) is 0 Å². The second kappa shape index (κ2) is 7.57. The van der Waals surface area contributed by atoms with Crippen molar-refractivity contribution in [2.45, 2.75) is 51.3 Å². The van der Waals surface area contributed by atoms with Crippen LogP contribution in [-0.2, 0) is 0 Å². The van der Waals surface area contributed by atoms with Crippen LogP contribution in [0.1, 0.15) is 40.0 Å². The molecule has 2 N–H and O–H groups in total. The summed E-state index contributed by atoms with van der Waals surface area (Å²) in [6.07, 6.45) is 3.80. The highest BCUT2D eigenvalue weighted by Gasteiger charge is 2.18. The second-order valence-corrected chi connectivity index (χ2v) is 7.00. The number of nitrogens with zero attached hydrogens (tertiary/aromatic N) is 1. The molecule has 1 aliphatic heterocycles. The molecule has 0 aromatic rings. The monoisotopic (exact) mass is 244 g/mol. The van der Waals surface area contributed by atoms with Crippen molar-refractivity contribution in [1.29, 1.82) is 0 Å². The standard InChI is InChI=1S/C13H28N2S/c1-11(5-4-6-12(2)14)9-15-7-8-16-13(3)10-15/h11-13H,4-10,14H2,1-3H3. The van der Waals surface area contributed by atoms with Crippen molar-refractivity contribution in [2.75, 3.05) is 25.4 Å². The Hall–Kier alpha value is 0.270. The quantitative estimate of drug-likeness (QED) is 0.779. The molecular weight excluding hydrogens is 216 g/mol. The highest BCUT2D eigenvalue weighted by molar-refractivity contribution is 7.99. The summed E-state index contributed by atoms with van der Waals surface area (Å²) in [5.41, 5.74) is 5.77. The topological polar surface area (TPSA) is 29.3 Å². The minimum Gasteiger partial charge on any atom is -0.328 e. The highest BCUT2D eigenvalue weighted by atomic mass is 32.2. The summed E-state index contributed by atoms with van der Waals surface area (Å²) in [7, 11) is 0. The lowest BCUT2D eigenvalue weighted by Crippen LogP contribution is -2.39. The van der Waals surface area contributed by atoms with Crippen LogP contribution in [0.3, 0.4) is 0 Å². The summed E-state index contributed by atoms with van der Waals surface area (Å²) in [6.45, 7) is 10.7. The molecule has 0 amide bonds. The van der Waals surface area contributed by atoms with Gasteiger partial charge in [0, 0.05) is 36.7 Å². The third-order valence-corrected chi connectivity index (χ3v) is 4.39. The average Bonchev–Trinajstić information content (AvgIpc) is 2.16. The van der Waals surface area contributed by atoms with Crippen LogP contribution in [0.2, 0.25) is 0 Å². The van der Waals surface area contributed by atoms with Gasteiger partial charge in [-0.05, 0) is 25.7 Å². The summed E-state index contributed by atoms with van der Waals surface area (Å²) in [4.78, 5) is 2.64. The maximum Gasteiger partial charge on any atom is 0.0147 e. The minimum atomic E-state index is 0.374. The third kappa shape index (κ3) is 6.12. The Morgan fingerprint density at radius 2 is 2.12 bits per heavy atom. The summed E-state index contributed by atoms with van der Waals surface area (Å²) in [6, 6.07) is 0.374. The van der Waals surface area contributed by atoms with Crippen molar-refractivity contribution in [3.8, 4) is 0 Å². The normalized spacial score (nSPS) is 26.6. The van der Waals surface area contributed by atoms with Crippen LogP contribution in [-0.4, -0.2) is 41.6 Å². The Kier molecular flexibility index (Phi) is 6.78. The number of rotatable bonds is 6. The van der Waals surface area contributed by atoms with Crippen LogP contribution >= 0.6 is 11.8 Å². The molecule has 0 saturated carbocycles. The van der Waals surface area contributed by atoms with Crippen molar-refractivity contribution in [3.63, 3.8) is 0 Å². The molecule has 0 radical (unpaired) electrons. The van der Waals surface area contributed by atoms with Gasteiger partial charge in [-0.3, -0.25) is 0 Å². The summed E-state index contributed by atoms with van der Waals surface area (Å²) >= 11 is 2.11. The molecule has 1 heterocycles. The molecule has 0 bridgehead atoms. The molecule has 1 aliphatic rings. The molecule has 3 unspecified atom stereocenters. The van der Waals surface area contributed by atoms with Crippen LogP contribution < -0.4 is 5.73 Å². The molecule has 1 saturated heterocycles. The zero-order chi connectivity index (χ0) is 12.0. The van der Waals surface area contributed by atoms with E-state index in [-0.39, 0.29) is 0 Å². The molecule has 16 heavy (non-hydrogen) atoms. The predicted octanol–water partition coefficient (Wildman–Crippen LogP) is 2.58. The van der Waals surface area contributed by atoms with E-state index in [0.717, 1.165) is 11.2 Å². The molecule has 2 nitrogen and oxygen atoms in total. The fourth-order valence-corrected chi connectivity index (χ4v) is 3.46. The van der Waals surface area contributed by atoms with Crippen LogP contribution in [0.15, 0.2) is 0 Å². The van der Waals surface area contributed by atoms with Gasteiger partial charge in [0.15, 0.2) is 0 Å². The van der Waals surface area contributed by atoms with E-state index < -0.39 is 0 Å². The van der Waals surface area contributed by atoms with E-state index in [0.29, 0.717) is 6.04 Å². The second-order valence-electron chi connectivity index (χ2n) is 5.45. The van der Waals surface area contributed by atoms with Gasteiger partial charge in [-0.2, -0.15) is 11.8 Å². The van der Waals surface area contributed by atoms with E-state index in [1.165, 1.54) is 44.6 Å². The van der Waals surface area contributed by atoms with E-state index in [4.69, 9.17) is 5.73 Å². The molecular formula is C13H28N2S. The Morgan fingerprint density at radius 3 is 2.75 bits per heavy atom. The first kappa shape index (κ1) is 14.3. The lowest BCUT2D eigenvalue weighted by atomic mass is 10.0. The van der Waals surface area contributed by atoms with Crippen LogP contribution in [0.4, 0.5) is 0 Å². The first-order valence-corrected chi connectivity index (χ1v) is 7.72. The van der Waals surface area contributed by atoms with E-state index >= 15 is 0 Å². The third-order valence-electron chi connectivity index (χ3n) is 3.25. The number of hydrogen-bond donors (Lipinski definition) is 1. The Balaban J connectivity index is 2.10. The molecule has 1 fully saturated rings. The van der Waals surface area contributed by atoms with Gasteiger partial charge in [-0.25, -0.2) is 0 Å². The molecule has 0 aromatic heterocycles. The summed E-state index contributed by atoms with van der Waals surface area (Å²) in [5, 5.41) is 0.824. The van der Waals surface area contributed by atoms with Crippen molar-refractivity contribution in [3.05, 3.63) is 0 Å². The predicted molar refractivity (Wildman–Crippen MR) is 75.0 cm³/mol. The minimum absolute atomic E-state index is 0.374. The van der Waals surface area contributed by atoms with Gasteiger partial charge in [0.25, 0.3) is 0 Å². The highest BCUT2D eigenvalue weighted by Crippen LogP contribution is 2.19. The first-order chi connectivity index (χ1) is 7.58. The van der Waals surface area contributed by atoms with Crippen LogP contribution in [0.5, 0.6) is 0 Å². The Labute approximate surface area is 105 Å². The van der Waals surface area contributed by atoms with E-state index in [2.05, 4.69) is 37.4 Å². The molecule has 0 spiro atoms. The zero-order valence-electron chi connectivity index (χ0n) is 11.1. The fourth-order valence-electron chi connectivity index (χ4n) is 2.38. The molecule has 1 rings (SSSR count). The molecule has 3 heteroatoms. The molecule has 3 atom stereocenters. The van der Waals surface area contributed by atoms with Gasteiger partial charge in [-0.1, -0.05) is 20.3 Å². The Bertz CT molecular complexity index is 185.